The number of aliphatic hydroxyl groups is 1. The van der Waals surface area contributed by atoms with Crippen LogP contribution >= 0.6 is 0 Å². The van der Waals surface area contributed by atoms with Gasteiger partial charge in [-0.15, -0.1) is 0 Å². The molecule has 0 spiro atoms. The summed E-state index contributed by atoms with van der Waals surface area (Å²) in [5.41, 5.74) is 1.85. The van der Waals surface area contributed by atoms with Crippen molar-refractivity contribution < 1.29 is 14.7 Å². The minimum Gasteiger partial charge on any atom is -0.388 e. The number of fused-ring (bicyclic) bond motifs is 1. The molecule has 2 atom stereocenters. The second kappa shape index (κ2) is 6.17. The molecule has 0 saturated carbocycles. The largest absolute Gasteiger partial charge is 0.388 e. The first kappa shape index (κ1) is 15.2. The van der Waals surface area contributed by atoms with Gasteiger partial charge < -0.3 is 5.11 Å². The van der Waals surface area contributed by atoms with Crippen molar-refractivity contribution in [2.24, 2.45) is 5.92 Å². The summed E-state index contributed by atoms with van der Waals surface area (Å²) in [5, 5.41) is 10.6. The van der Waals surface area contributed by atoms with E-state index in [2.05, 4.69) is 6.92 Å². The number of hydrogen-bond donors (Lipinski definition) is 1. The fourth-order valence-corrected chi connectivity index (χ4v) is 3.69. The van der Waals surface area contributed by atoms with Crippen LogP contribution in [0.2, 0.25) is 0 Å². The van der Waals surface area contributed by atoms with Crippen molar-refractivity contribution in [3.8, 4) is 0 Å². The quantitative estimate of drug-likeness (QED) is 0.862. The van der Waals surface area contributed by atoms with E-state index in [0.29, 0.717) is 28.7 Å². The highest BCUT2D eigenvalue weighted by molar-refractivity contribution is 6.27. The maximum Gasteiger partial charge on any atom is 0.192 e. The predicted octanol–water partition coefficient (Wildman–Crippen LogP) is 3.71. The molecular weight excluding hydrogens is 276 g/mol. The van der Waals surface area contributed by atoms with Crippen molar-refractivity contribution in [3.05, 3.63) is 46.5 Å². The van der Waals surface area contributed by atoms with Gasteiger partial charge in [0, 0.05) is 22.3 Å². The molecule has 0 amide bonds. The molecular formula is C19H22O3. The lowest BCUT2D eigenvalue weighted by Crippen LogP contribution is -2.37. The number of rotatable bonds is 4. The topological polar surface area (TPSA) is 54.4 Å². The van der Waals surface area contributed by atoms with Gasteiger partial charge in [0.2, 0.25) is 0 Å². The summed E-state index contributed by atoms with van der Waals surface area (Å²) in [7, 11) is 0. The molecule has 0 aromatic heterocycles. The molecule has 3 rings (SSSR count). The summed E-state index contributed by atoms with van der Waals surface area (Å²) in [5.74, 6) is -0.124. The average molecular weight is 298 g/mol. The van der Waals surface area contributed by atoms with Crippen LogP contribution in [0.1, 0.15) is 66.2 Å². The van der Waals surface area contributed by atoms with Crippen LogP contribution < -0.4 is 0 Å². The summed E-state index contributed by atoms with van der Waals surface area (Å²) in [6, 6.07) is 6.94. The van der Waals surface area contributed by atoms with E-state index in [4.69, 9.17) is 0 Å². The van der Waals surface area contributed by atoms with Gasteiger partial charge in [-0.2, -0.15) is 0 Å². The molecule has 0 heterocycles. The zero-order chi connectivity index (χ0) is 15.7. The van der Waals surface area contributed by atoms with Crippen molar-refractivity contribution in [1.82, 2.24) is 0 Å². The van der Waals surface area contributed by atoms with Crippen molar-refractivity contribution in [3.63, 3.8) is 0 Å². The van der Waals surface area contributed by atoms with Gasteiger partial charge >= 0.3 is 0 Å². The summed E-state index contributed by atoms with van der Waals surface area (Å²) >= 11 is 0. The molecule has 0 bridgehead atoms. The Morgan fingerprint density at radius 3 is 2.45 bits per heavy atom. The Hall–Kier alpha value is -1.74. The molecule has 0 saturated heterocycles. The number of benzene rings is 1. The molecule has 0 aliphatic heterocycles. The van der Waals surface area contributed by atoms with Crippen molar-refractivity contribution in [1.29, 1.82) is 0 Å². The van der Waals surface area contributed by atoms with Gasteiger partial charge in [-0.05, 0) is 25.2 Å². The highest BCUT2D eigenvalue weighted by atomic mass is 16.3. The minimum atomic E-state index is -0.787. The van der Waals surface area contributed by atoms with Gasteiger partial charge in [0.05, 0.1) is 6.10 Å². The number of hydrogen-bond acceptors (Lipinski definition) is 3. The number of allylic oxidation sites excluding steroid dienone is 1. The first-order valence-corrected chi connectivity index (χ1v) is 8.24. The Balaban J connectivity index is 1.91. The molecule has 116 valence electrons. The standard InChI is InChI=1S/C19H22O3/c1-2-3-4-7-12-10-11-15-16(17(12)20)19(22)14-9-6-5-8-13(14)18(15)21/h5-6,8-9,12,17,20H,2-4,7,10-11H2,1H3. The van der Waals surface area contributed by atoms with Gasteiger partial charge in [-0.25, -0.2) is 0 Å². The lowest BCUT2D eigenvalue weighted by atomic mass is 9.71. The summed E-state index contributed by atoms with van der Waals surface area (Å²) in [6.07, 6.45) is 4.90. The van der Waals surface area contributed by atoms with Crippen LogP contribution in [-0.2, 0) is 0 Å². The second-order valence-electron chi connectivity index (χ2n) is 6.34. The number of carbonyl (C=O) groups is 2. The molecule has 1 N–H and O–H groups in total. The third kappa shape index (κ3) is 2.44. The van der Waals surface area contributed by atoms with Gasteiger partial charge in [0.1, 0.15) is 0 Å². The Kier molecular flexibility index (Phi) is 4.25. The van der Waals surface area contributed by atoms with Crippen molar-refractivity contribution in [2.45, 2.75) is 51.6 Å². The van der Waals surface area contributed by atoms with E-state index in [9.17, 15) is 14.7 Å². The molecule has 1 aromatic rings. The minimum absolute atomic E-state index is 0.0729. The fourth-order valence-electron chi connectivity index (χ4n) is 3.69. The summed E-state index contributed by atoms with van der Waals surface area (Å²) in [4.78, 5) is 25.3. The lowest BCUT2D eigenvalue weighted by Gasteiger charge is -2.34. The maximum absolute atomic E-state index is 12.7. The monoisotopic (exact) mass is 298 g/mol. The first-order chi connectivity index (χ1) is 10.6. The lowest BCUT2D eigenvalue weighted by molar-refractivity contribution is 0.0817. The van der Waals surface area contributed by atoms with E-state index in [1.807, 2.05) is 0 Å². The van der Waals surface area contributed by atoms with E-state index < -0.39 is 6.10 Å². The molecule has 2 aliphatic rings. The smallest absolute Gasteiger partial charge is 0.192 e. The van der Waals surface area contributed by atoms with Crippen molar-refractivity contribution >= 4 is 11.6 Å². The highest BCUT2D eigenvalue weighted by Gasteiger charge is 2.40. The zero-order valence-corrected chi connectivity index (χ0v) is 13.0. The van der Waals surface area contributed by atoms with Crippen LogP contribution in [0.3, 0.4) is 0 Å². The predicted molar refractivity (Wildman–Crippen MR) is 85.0 cm³/mol. The van der Waals surface area contributed by atoms with Crippen LogP contribution in [0.5, 0.6) is 0 Å². The van der Waals surface area contributed by atoms with Gasteiger partial charge in [0.25, 0.3) is 0 Å². The van der Waals surface area contributed by atoms with E-state index in [-0.39, 0.29) is 17.5 Å². The Morgan fingerprint density at radius 1 is 1.09 bits per heavy atom. The Bertz CT molecular complexity index is 642. The molecule has 2 aliphatic carbocycles. The van der Waals surface area contributed by atoms with Crippen LogP contribution in [-0.4, -0.2) is 22.8 Å². The molecule has 0 radical (unpaired) electrons. The van der Waals surface area contributed by atoms with Crippen molar-refractivity contribution in [2.75, 3.05) is 0 Å². The number of aliphatic hydroxyl groups excluding tert-OH is 1. The number of carbonyl (C=O) groups excluding carboxylic acids is 2. The van der Waals surface area contributed by atoms with Crippen LogP contribution in [0.15, 0.2) is 35.4 Å². The average Bonchev–Trinajstić information content (AvgIpc) is 2.54. The zero-order valence-electron chi connectivity index (χ0n) is 13.0. The van der Waals surface area contributed by atoms with E-state index in [0.717, 1.165) is 32.1 Å². The van der Waals surface area contributed by atoms with Crippen LogP contribution in [0.25, 0.3) is 0 Å². The Labute approximate surface area is 131 Å². The van der Waals surface area contributed by atoms with Gasteiger partial charge in [0.15, 0.2) is 11.6 Å². The normalized spacial score (nSPS) is 24.3. The van der Waals surface area contributed by atoms with Gasteiger partial charge in [-0.1, -0.05) is 50.5 Å². The summed E-state index contributed by atoms with van der Waals surface area (Å²) in [6.45, 7) is 2.15. The number of ketones is 2. The number of Topliss-reactive ketones (excluding diaryl/α,β-unsaturated/α-hetero) is 2. The molecule has 3 heteroatoms. The van der Waals surface area contributed by atoms with E-state index in [1.165, 1.54) is 0 Å². The molecule has 22 heavy (non-hydrogen) atoms. The molecule has 3 nitrogen and oxygen atoms in total. The first-order valence-electron chi connectivity index (χ1n) is 8.24. The maximum atomic E-state index is 12.7. The highest BCUT2D eigenvalue weighted by Crippen LogP contribution is 2.39. The number of unbranched alkanes of at least 4 members (excludes halogenated alkanes) is 2. The van der Waals surface area contributed by atoms with Crippen LogP contribution in [0.4, 0.5) is 0 Å². The third-order valence-corrected chi connectivity index (χ3v) is 4.95. The molecule has 0 fully saturated rings. The second-order valence-corrected chi connectivity index (χ2v) is 6.34. The third-order valence-electron chi connectivity index (χ3n) is 4.95. The fraction of sp³-hybridized carbons (Fsp3) is 0.474. The van der Waals surface area contributed by atoms with Gasteiger partial charge in [-0.3, -0.25) is 9.59 Å². The van der Waals surface area contributed by atoms with Crippen LogP contribution in [0, 0.1) is 5.92 Å². The SMILES string of the molecule is CCCCCC1CCC2=C(C(=O)c3ccccc3C2=O)C1O. The van der Waals surface area contributed by atoms with E-state index in [1.54, 1.807) is 24.3 Å². The summed E-state index contributed by atoms with van der Waals surface area (Å²) < 4.78 is 0. The van der Waals surface area contributed by atoms with E-state index >= 15 is 0 Å². The molecule has 2 unspecified atom stereocenters. The molecule has 1 aromatic carbocycles. The Morgan fingerprint density at radius 2 is 1.77 bits per heavy atom.